The van der Waals surface area contributed by atoms with Crippen molar-refractivity contribution in [3.63, 3.8) is 0 Å². The fourth-order valence-electron chi connectivity index (χ4n) is 2.00. The Labute approximate surface area is 120 Å². The van der Waals surface area contributed by atoms with Crippen LogP contribution >= 0.6 is 0 Å². The summed E-state index contributed by atoms with van der Waals surface area (Å²) in [7, 11) is 0. The number of nitrogens with one attached hydrogen (secondary N) is 1. The van der Waals surface area contributed by atoms with Crippen molar-refractivity contribution >= 4 is 22.9 Å². The predicted octanol–water partition coefficient (Wildman–Crippen LogP) is 2.18. The van der Waals surface area contributed by atoms with Gasteiger partial charge in [0.1, 0.15) is 0 Å². The Balaban J connectivity index is 1.84. The van der Waals surface area contributed by atoms with Crippen LogP contribution in [-0.4, -0.2) is 26.3 Å². The molecule has 1 aromatic carbocycles. The second-order valence-electron chi connectivity index (χ2n) is 4.55. The van der Waals surface area contributed by atoms with Gasteiger partial charge in [0.05, 0.1) is 23.5 Å². The van der Waals surface area contributed by atoms with Gasteiger partial charge < -0.3 is 5.32 Å². The number of ketones is 1. The maximum Gasteiger partial charge on any atom is 0.259 e. The Morgan fingerprint density at radius 2 is 1.90 bits per heavy atom. The summed E-state index contributed by atoms with van der Waals surface area (Å²) in [4.78, 5) is 27.4. The van der Waals surface area contributed by atoms with Gasteiger partial charge in [0.15, 0.2) is 5.78 Å². The van der Waals surface area contributed by atoms with Gasteiger partial charge in [0.25, 0.3) is 5.91 Å². The summed E-state index contributed by atoms with van der Waals surface area (Å²) in [6.07, 6.45) is 6.35. The number of carbonyl (C=O) groups is 2. The van der Waals surface area contributed by atoms with Crippen molar-refractivity contribution in [2.24, 2.45) is 0 Å². The summed E-state index contributed by atoms with van der Waals surface area (Å²) < 4.78 is 1.58. The Bertz CT molecular complexity index is 821. The molecule has 3 aromatic rings. The Kier molecular flexibility index (Phi) is 3.19. The molecule has 0 aliphatic carbocycles. The van der Waals surface area contributed by atoms with E-state index >= 15 is 0 Å². The highest BCUT2D eigenvalue weighted by molar-refractivity contribution is 6.08. The normalized spacial score (nSPS) is 10.5. The van der Waals surface area contributed by atoms with Crippen LogP contribution in [0, 0.1) is 0 Å². The Morgan fingerprint density at radius 3 is 2.62 bits per heavy atom. The van der Waals surface area contributed by atoms with E-state index in [-0.39, 0.29) is 11.7 Å². The summed E-state index contributed by atoms with van der Waals surface area (Å²) >= 11 is 0. The molecule has 0 spiro atoms. The molecular formula is C15H12N4O2. The molecule has 0 saturated heterocycles. The molecule has 0 bridgehead atoms. The van der Waals surface area contributed by atoms with Crippen LogP contribution in [-0.2, 0) is 0 Å². The standard InChI is InChI=1S/C15H12N4O2/c1-10(20)11-2-4-12(5-3-11)18-15(21)13-8-17-19-7-6-16-9-14(13)19/h2-9H,1H3,(H,18,21). The monoisotopic (exact) mass is 280 g/mol. The molecule has 3 rings (SSSR count). The fraction of sp³-hybridized carbons (Fsp3) is 0.0667. The highest BCUT2D eigenvalue weighted by Gasteiger charge is 2.12. The number of rotatable bonds is 3. The van der Waals surface area contributed by atoms with E-state index in [2.05, 4.69) is 15.4 Å². The van der Waals surface area contributed by atoms with E-state index in [0.717, 1.165) is 0 Å². The third-order valence-corrected chi connectivity index (χ3v) is 3.12. The van der Waals surface area contributed by atoms with Gasteiger partial charge in [-0.1, -0.05) is 0 Å². The van der Waals surface area contributed by atoms with Crippen LogP contribution in [0.15, 0.2) is 49.1 Å². The lowest BCUT2D eigenvalue weighted by Crippen LogP contribution is -2.11. The van der Waals surface area contributed by atoms with Crippen molar-refractivity contribution in [1.82, 2.24) is 14.6 Å². The molecule has 0 radical (unpaired) electrons. The molecule has 6 heteroatoms. The minimum absolute atomic E-state index is 0.0124. The van der Waals surface area contributed by atoms with Gasteiger partial charge in [-0.05, 0) is 31.2 Å². The Hall–Kier alpha value is -3.02. The molecule has 1 amide bonds. The predicted molar refractivity (Wildman–Crippen MR) is 77.4 cm³/mol. The molecule has 0 unspecified atom stereocenters. The van der Waals surface area contributed by atoms with Gasteiger partial charge in [-0.2, -0.15) is 5.10 Å². The molecule has 1 N–H and O–H groups in total. The second kappa shape index (κ2) is 5.16. The smallest absolute Gasteiger partial charge is 0.259 e. The number of carbonyl (C=O) groups excluding carboxylic acids is 2. The van der Waals surface area contributed by atoms with Gasteiger partial charge in [-0.25, -0.2) is 4.52 Å². The maximum atomic E-state index is 12.2. The van der Waals surface area contributed by atoms with Crippen molar-refractivity contribution < 1.29 is 9.59 Å². The number of nitrogens with zero attached hydrogens (tertiary/aromatic N) is 3. The van der Waals surface area contributed by atoms with Crippen LogP contribution in [0.5, 0.6) is 0 Å². The van der Waals surface area contributed by atoms with Crippen LogP contribution in [0.4, 0.5) is 5.69 Å². The second-order valence-corrected chi connectivity index (χ2v) is 4.55. The van der Waals surface area contributed by atoms with Crippen molar-refractivity contribution in [3.05, 3.63) is 60.2 Å². The third kappa shape index (κ3) is 2.51. The molecular weight excluding hydrogens is 268 g/mol. The summed E-state index contributed by atoms with van der Waals surface area (Å²) in [6.45, 7) is 1.50. The number of amides is 1. The first-order valence-electron chi connectivity index (χ1n) is 6.35. The molecule has 104 valence electrons. The quantitative estimate of drug-likeness (QED) is 0.746. The summed E-state index contributed by atoms with van der Waals surface area (Å²) in [5, 5.41) is 6.86. The van der Waals surface area contributed by atoms with E-state index < -0.39 is 0 Å². The molecule has 0 atom stereocenters. The largest absolute Gasteiger partial charge is 0.322 e. The average Bonchev–Trinajstić information content (AvgIpc) is 2.92. The average molecular weight is 280 g/mol. The summed E-state index contributed by atoms with van der Waals surface area (Å²) in [6, 6.07) is 6.74. The number of Topliss-reactive ketones (excluding diaryl/α,β-unsaturated/α-hetero) is 1. The number of hydrogen-bond acceptors (Lipinski definition) is 4. The molecule has 6 nitrogen and oxygen atoms in total. The maximum absolute atomic E-state index is 12.2. The lowest BCUT2D eigenvalue weighted by atomic mass is 10.1. The van der Waals surface area contributed by atoms with Crippen LogP contribution in [0.25, 0.3) is 5.52 Å². The number of hydrogen-bond donors (Lipinski definition) is 1. The van der Waals surface area contributed by atoms with Gasteiger partial charge in [0.2, 0.25) is 0 Å². The van der Waals surface area contributed by atoms with Crippen LogP contribution < -0.4 is 5.32 Å². The number of aromatic nitrogens is 3. The molecule has 0 saturated carbocycles. The minimum atomic E-state index is -0.270. The molecule has 21 heavy (non-hydrogen) atoms. The van der Waals surface area contributed by atoms with E-state index in [1.807, 2.05) is 0 Å². The van der Waals surface area contributed by atoms with Crippen molar-refractivity contribution in [1.29, 1.82) is 0 Å². The first-order valence-corrected chi connectivity index (χ1v) is 6.35. The molecule has 2 heterocycles. The van der Waals surface area contributed by atoms with Gasteiger partial charge in [0, 0.05) is 23.6 Å². The molecule has 2 aromatic heterocycles. The van der Waals surface area contributed by atoms with Crippen LogP contribution in [0.1, 0.15) is 27.6 Å². The van der Waals surface area contributed by atoms with E-state index in [9.17, 15) is 9.59 Å². The molecule has 0 aliphatic heterocycles. The lowest BCUT2D eigenvalue weighted by molar-refractivity contribution is 0.101. The summed E-state index contributed by atoms with van der Waals surface area (Å²) in [5.74, 6) is -0.282. The van der Waals surface area contributed by atoms with E-state index in [4.69, 9.17) is 0 Å². The topological polar surface area (TPSA) is 76.4 Å². The summed E-state index contributed by atoms with van der Waals surface area (Å²) in [5.41, 5.74) is 2.30. The van der Waals surface area contributed by atoms with Crippen molar-refractivity contribution in [2.45, 2.75) is 6.92 Å². The van der Waals surface area contributed by atoms with Crippen LogP contribution in [0.3, 0.4) is 0 Å². The Morgan fingerprint density at radius 1 is 1.14 bits per heavy atom. The van der Waals surface area contributed by atoms with E-state index in [1.165, 1.54) is 13.1 Å². The zero-order valence-corrected chi connectivity index (χ0v) is 11.3. The SMILES string of the molecule is CC(=O)c1ccc(NC(=O)c2cnn3ccncc23)cc1. The number of benzene rings is 1. The number of anilines is 1. The highest BCUT2D eigenvalue weighted by Crippen LogP contribution is 2.14. The zero-order valence-electron chi connectivity index (χ0n) is 11.3. The molecule has 0 fully saturated rings. The molecule has 0 aliphatic rings. The van der Waals surface area contributed by atoms with E-state index in [0.29, 0.717) is 22.3 Å². The van der Waals surface area contributed by atoms with Gasteiger partial charge in [-0.3, -0.25) is 14.6 Å². The van der Waals surface area contributed by atoms with E-state index in [1.54, 1.807) is 47.4 Å². The first-order chi connectivity index (χ1) is 10.1. The van der Waals surface area contributed by atoms with Crippen LogP contribution in [0.2, 0.25) is 0 Å². The minimum Gasteiger partial charge on any atom is -0.322 e. The highest BCUT2D eigenvalue weighted by atomic mass is 16.1. The van der Waals surface area contributed by atoms with Crippen molar-refractivity contribution in [2.75, 3.05) is 5.32 Å². The van der Waals surface area contributed by atoms with Gasteiger partial charge >= 0.3 is 0 Å². The first kappa shape index (κ1) is 13.0. The zero-order chi connectivity index (χ0) is 14.8. The van der Waals surface area contributed by atoms with Gasteiger partial charge in [-0.15, -0.1) is 0 Å². The lowest BCUT2D eigenvalue weighted by Gasteiger charge is -2.04. The third-order valence-electron chi connectivity index (χ3n) is 3.12. The number of fused-ring (bicyclic) bond motifs is 1. The van der Waals surface area contributed by atoms with Crippen molar-refractivity contribution in [3.8, 4) is 0 Å². The fourth-order valence-corrected chi connectivity index (χ4v) is 2.00.